The largest absolute Gasteiger partial charge is 0.493 e. The molecule has 5 aromatic rings. The van der Waals surface area contributed by atoms with Crippen LogP contribution in [-0.4, -0.2) is 71.3 Å². The highest BCUT2D eigenvalue weighted by Crippen LogP contribution is 2.34. The van der Waals surface area contributed by atoms with Crippen LogP contribution in [0.4, 0.5) is 17.1 Å². The molecule has 6 rings (SSSR count). The minimum Gasteiger partial charge on any atom is -0.493 e. The highest BCUT2D eigenvalue weighted by Gasteiger charge is 2.22. The molecule has 1 fully saturated rings. The van der Waals surface area contributed by atoms with E-state index in [1.165, 1.54) is 26.4 Å². The molecule has 12 nitrogen and oxygen atoms in total. The average Bonchev–Trinajstić information content (AvgIpc) is 3.15. The molecule has 1 aliphatic rings. The Morgan fingerprint density at radius 1 is 0.700 bits per heavy atom. The number of piperazine rings is 1. The summed E-state index contributed by atoms with van der Waals surface area (Å²) in [4.78, 5) is 44.2. The molecule has 1 aromatic heterocycles. The van der Waals surface area contributed by atoms with E-state index in [9.17, 15) is 14.4 Å². The predicted octanol–water partition coefficient (Wildman–Crippen LogP) is 5.65. The Hall–Kier alpha value is -6.01. The van der Waals surface area contributed by atoms with Gasteiger partial charge in [0.25, 0.3) is 11.8 Å². The third-order valence-corrected chi connectivity index (χ3v) is 8.59. The minimum atomic E-state index is -0.706. The van der Waals surface area contributed by atoms with Crippen molar-refractivity contribution >= 4 is 39.8 Å². The molecule has 0 saturated carbocycles. The summed E-state index contributed by atoms with van der Waals surface area (Å²) >= 11 is 0. The van der Waals surface area contributed by atoms with Crippen molar-refractivity contribution in [1.29, 1.82) is 0 Å². The van der Waals surface area contributed by atoms with Gasteiger partial charge in [-0.05, 0) is 60.2 Å². The fraction of sp³-hybridized carbons (Fsp3) is 0.237. The maximum Gasteiger partial charge on any atom is 0.291 e. The number of amides is 2. The lowest BCUT2D eigenvalue weighted by Gasteiger charge is -2.36. The van der Waals surface area contributed by atoms with Gasteiger partial charge < -0.3 is 38.9 Å². The summed E-state index contributed by atoms with van der Waals surface area (Å²) < 4.78 is 27.4. The van der Waals surface area contributed by atoms with E-state index in [0.29, 0.717) is 28.3 Å². The molecule has 0 bridgehead atoms. The zero-order chi connectivity index (χ0) is 35.2. The number of rotatable bonds is 11. The number of ether oxygens (including phenoxy) is 4. The Morgan fingerprint density at radius 3 is 2.06 bits per heavy atom. The van der Waals surface area contributed by atoms with Crippen molar-refractivity contribution in [2.75, 3.05) is 70.2 Å². The van der Waals surface area contributed by atoms with Crippen LogP contribution in [0.3, 0.4) is 0 Å². The maximum atomic E-state index is 13.6. The molecular weight excluding hydrogens is 640 g/mol. The lowest BCUT2D eigenvalue weighted by atomic mass is 10.1. The number of methoxy groups -OCH3 is 4. The third-order valence-electron chi connectivity index (χ3n) is 8.59. The van der Waals surface area contributed by atoms with E-state index < -0.39 is 11.8 Å². The first kappa shape index (κ1) is 33.9. The normalized spacial score (nSPS) is 13.1. The summed E-state index contributed by atoms with van der Waals surface area (Å²) in [5, 5.41) is 5.97. The third kappa shape index (κ3) is 7.35. The number of para-hydroxylation sites is 1. The van der Waals surface area contributed by atoms with E-state index in [0.717, 1.165) is 55.8 Å². The number of nitrogens with one attached hydrogen (secondary N) is 2. The highest BCUT2D eigenvalue weighted by molar-refractivity contribution is 6.12. The second-order valence-corrected chi connectivity index (χ2v) is 11.6. The van der Waals surface area contributed by atoms with E-state index in [-0.39, 0.29) is 28.0 Å². The molecule has 0 spiro atoms. The first-order chi connectivity index (χ1) is 24.3. The van der Waals surface area contributed by atoms with Crippen molar-refractivity contribution < 1.29 is 33.0 Å². The minimum absolute atomic E-state index is 0.119. The summed E-state index contributed by atoms with van der Waals surface area (Å²) in [6.07, 6.45) is 0. The maximum absolute atomic E-state index is 13.6. The number of hydrogen-bond donors (Lipinski definition) is 2. The second kappa shape index (κ2) is 15.0. The number of hydrogen-bond acceptors (Lipinski definition) is 10. The number of fused-ring (bicyclic) bond motifs is 1. The quantitative estimate of drug-likeness (QED) is 0.181. The molecule has 0 atom stereocenters. The summed E-state index contributed by atoms with van der Waals surface area (Å²) in [6, 6.07) is 24.4. The summed E-state index contributed by atoms with van der Waals surface area (Å²) in [7, 11) is 6.17. The molecule has 1 saturated heterocycles. The molecular formula is C38H38N4O8. The van der Waals surface area contributed by atoms with Crippen LogP contribution in [-0.2, 0) is 6.54 Å². The molecule has 50 heavy (non-hydrogen) atoms. The van der Waals surface area contributed by atoms with Crippen molar-refractivity contribution in [1.82, 2.24) is 4.90 Å². The van der Waals surface area contributed by atoms with Gasteiger partial charge in [0, 0.05) is 56.2 Å². The monoisotopic (exact) mass is 678 g/mol. The Balaban J connectivity index is 1.13. The van der Waals surface area contributed by atoms with Gasteiger partial charge in [-0.15, -0.1) is 0 Å². The van der Waals surface area contributed by atoms with Crippen LogP contribution in [0.2, 0.25) is 0 Å². The topological polar surface area (TPSA) is 132 Å². The van der Waals surface area contributed by atoms with Crippen molar-refractivity contribution in [3.05, 3.63) is 112 Å². The highest BCUT2D eigenvalue weighted by atomic mass is 16.5. The van der Waals surface area contributed by atoms with E-state index in [1.54, 1.807) is 38.5 Å². The smallest absolute Gasteiger partial charge is 0.291 e. The SMILES string of the molecule is COc1ccc(CN2CCN(c3ccc(NC(=O)c4cc(OC)c(OC)cc4NC(=O)c4cc(=O)c5ccccc5o4)cc3)CC2)cc1OC. The summed E-state index contributed by atoms with van der Waals surface area (Å²) in [5.74, 6) is 0.636. The molecule has 0 unspecified atom stereocenters. The van der Waals surface area contributed by atoms with Gasteiger partial charge in [-0.1, -0.05) is 18.2 Å². The molecule has 258 valence electrons. The first-order valence-corrected chi connectivity index (χ1v) is 16.0. The first-order valence-electron chi connectivity index (χ1n) is 16.0. The molecule has 2 N–H and O–H groups in total. The van der Waals surface area contributed by atoms with Crippen LogP contribution >= 0.6 is 0 Å². The van der Waals surface area contributed by atoms with Gasteiger partial charge in [-0.25, -0.2) is 0 Å². The predicted molar refractivity (Wildman–Crippen MR) is 191 cm³/mol. The fourth-order valence-corrected chi connectivity index (χ4v) is 5.93. The number of carbonyl (C=O) groups excluding carboxylic acids is 2. The van der Waals surface area contributed by atoms with Gasteiger partial charge in [0.1, 0.15) is 5.58 Å². The molecule has 2 heterocycles. The standard InChI is InChI=1S/C38H38N4O8/c1-46-32-14-9-24(19-33(32)47-2)23-41-15-17-42(18-16-41)26-12-10-25(11-13-26)39-37(44)28-20-34(48-3)35(49-4)21-29(28)40-38(45)36-22-30(43)27-7-5-6-8-31(27)50-36/h5-14,19-22H,15-18,23H2,1-4H3,(H,39,44)(H,40,45). The lowest BCUT2D eigenvalue weighted by Crippen LogP contribution is -2.45. The van der Waals surface area contributed by atoms with E-state index in [2.05, 4.69) is 26.5 Å². The number of nitrogens with zero attached hydrogens (tertiary/aromatic N) is 2. The van der Waals surface area contributed by atoms with Crippen LogP contribution in [0.25, 0.3) is 11.0 Å². The second-order valence-electron chi connectivity index (χ2n) is 11.6. The Bertz CT molecular complexity index is 2070. The van der Waals surface area contributed by atoms with Gasteiger partial charge in [0.15, 0.2) is 34.2 Å². The van der Waals surface area contributed by atoms with Crippen LogP contribution < -0.4 is 39.9 Å². The summed E-state index contributed by atoms with van der Waals surface area (Å²) in [6.45, 7) is 4.30. The molecule has 4 aromatic carbocycles. The average molecular weight is 679 g/mol. The van der Waals surface area contributed by atoms with Gasteiger partial charge >= 0.3 is 0 Å². The molecule has 12 heteroatoms. The molecule has 0 radical (unpaired) electrons. The molecule has 2 amide bonds. The Kier molecular flexibility index (Phi) is 10.2. The fourth-order valence-electron chi connectivity index (χ4n) is 5.93. The van der Waals surface area contributed by atoms with E-state index in [1.807, 2.05) is 36.4 Å². The van der Waals surface area contributed by atoms with Gasteiger partial charge in [-0.2, -0.15) is 0 Å². The van der Waals surface area contributed by atoms with Gasteiger partial charge in [0.2, 0.25) is 0 Å². The zero-order valence-corrected chi connectivity index (χ0v) is 28.3. The van der Waals surface area contributed by atoms with Crippen LogP contribution in [0.5, 0.6) is 23.0 Å². The van der Waals surface area contributed by atoms with E-state index >= 15 is 0 Å². The van der Waals surface area contributed by atoms with Crippen LogP contribution in [0.15, 0.2) is 94.1 Å². The lowest BCUT2D eigenvalue weighted by molar-refractivity contribution is 0.0997. The van der Waals surface area contributed by atoms with Crippen molar-refractivity contribution in [3.8, 4) is 23.0 Å². The molecule has 0 aliphatic carbocycles. The van der Waals surface area contributed by atoms with Crippen LogP contribution in [0.1, 0.15) is 26.5 Å². The number of benzene rings is 4. The Morgan fingerprint density at radius 2 is 1.36 bits per heavy atom. The van der Waals surface area contributed by atoms with Crippen molar-refractivity contribution in [2.24, 2.45) is 0 Å². The van der Waals surface area contributed by atoms with Crippen molar-refractivity contribution in [2.45, 2.75) is 6.54 Å². The Labute approximate surface area is 289 Å². The molecule has 1 aliphatic heterocycles. The van der Waals surface area contributed by atoms with Gasteiger partial charge in [0.05, 0.1) is 45.1 Å². The number of anilines is 3. The van der Waals surface area contributed by atoms with Crippen LogP contribution in [0, 0.1) is 0 Å². The zero-order valence-electron chi connectivity index (χ0n) is 28.3. The number of carbonyl (C=O) groups is 2. The summed E-state index contributed by atoms with van der Waals surface area (Å²) in [5.41, 5.74) is 2.95. The van der Waals surface area contributed by atoms with Crippen molar-refractivity contribution in [3.63, 3.8) is 0 Å². The van der Waals surface area contributed by atoms with E-state index in [4.69, 9.17) is 23.4 Å². The van der Waals surface area contributed by atoms with Gasteiger partial charge in [-0.3, -0.25) is 19.3 Å².